The van der Waals surface area contributed by atoms with Crippen LogP contribution in [0.1, 0.15) is 33.7 Å². The van der Waals surface area contributed by atoms with Crippen molar-refractivity contribution in [2.75, 3.05) is 13.1 Å². The molecule has 1 amide bonds. The number of amides is 1. The molecule has 1 atom stereocenters. The third-order valence-corrected chi connectivity index (χ3v) is 4.57. The highest BCUT2D eigenvalue weighted by Gasteiger charge is 2.42. The highest BCUT2D eigenvalue weighted by molar-refractivity contribution is 5.98. The molecule has 1 aliphatic rings. The number of carbonyl (C=O) groups excluding carboxylic acids is 1. The SMILES string of the molecule is Cc1cc(C)n(Cc2ccc(C(=O)N[C@]3(C(=O)O)CCNC3)cc2)n1. The number of aromatic nitrogens is 2. The number of hydrogen-bond acceptors (Lipinski definition) is 4. The maximum Gasteiger partial charge on any atom is 0.330 e. The normalized spacial score (nSPS) is 19.8. The molecule has 0 unspecified atom stereocenters. The predicted molar refractivity (Wildman–Crippen MR) is 92.6 cm³/mol. The fourth-order valence-electron chi connectivity index (χ4n) is 3.09. The number of carboxylic acid groups (broad SMARTS) is 1. The molecule has 7 nitrogen and oxygen atoms in total. The van der Waals surface area contributed by atoms with Crippen LogP contribution in [-0.2, 0) is 11.3 Å². The zero-order chi connectivity index (χ0) is 18.0. The largest absolute Gasteiger partial charge is 0.479 e. The zero-order valence-electron chi connectivity index (χ0n) is 14.4. The van der Waals surface area contributed by atoms with E-state index >= 15 is 0 Å². The summed E-state index contributed by atoms with van der Waals surface area (Å²) in [4.78, 5) is 23.9. The number of nitrogens with one attached hydrogen (secondary N) is 2. The van der Waals surface area contributed by atoms with Gasteiger partial charge in [-0.3, -0.25) is 9.48 Å². The molecule has 0 spiro atoms. The summed E-state index contributed by atoms with van der Waals surface area (Å²) in [6.45, 7) is 5.40. The fraction of sp³-hybridized carbons (Fsp3) is 0.389. The van der Waals surface area contributed by atoms with Gasteiger partial charge in [-0.05, 0) is 50.6 Å². The van der Waals surface area contributed by atoms with Crippen molar-refractivity contribution >= 4 is 11.9 Å². The molecule has 7 heteroatoms. The Morgan fingerprint density at radius 2 is 2.04 bits per heavy atom. The van der Waals surface area contributed by atoms with Crippen LogP contribution in [-0.4, -0.2) is 45.4 Å². The molecule has 25 heavy (non-hydrogen) atoms. The van der Waals surface area contributed by atoms with Gasteiger partial charge in [0.2, 0.25) is 0 Å². The minimum Gasteiger partial charge on any atom is -0.479 e. The number of aliphatic carboxylic acids is 1. The van der Waals surface area contributed by atoms with Crippen molar-refractivity contribution in [3.05, 3.63) is 52.8 Å². The summed E-state index contributed by atoms with van der Waals surface area (Å²) in [5.41, 5.74) is 2.30. The Morgan fingerprint density at radius 1 is 1.32 bits per heavy atom. The fourth-order valence-corrected chi connectivity index (χ4v) is 3.09. The van der Waals surface area contributed by atoms with Crippen molar-refractivity contribution < 1.29 is 14.7 Å². The standard InChI is InChI=1S/C18H22N4O3/c1-12-9-13(2)22(21-12)10-14-3-5-15(6-4-14)16(23)20-18(17(24)25)7-8-19-11-18/h3-6,9,19H,7-8,10-11H2,1-2H3,(H,20,23)(H,24,25)/t18-/m1/s1. The molecular weight excluding hydrogens is 320 g/mol. The van der Waals surface area contributed by atoms with Crippen molar-refractivity contribution in [2.24, 2.45) is 0 Å². The van der Waals surface area contributed by atoms with Crippen molar-refractivity contribution in [1.82, 2.24) is 20.4 Å². The van der Waals surface area contributed by atoms with Crippen molar-refractivity contribution in [2.45, 2.75) is 32.4 Å². The summed E-state index contributed by atoms with van der Waals surface area (Å²) in [6.07, 6.45) is 0.379. The van der Waals surface area contributed by atoms with Gasteiger partial charge in [0.05, 0.1) is 12.2 Å². The second kappa shape index (κ2) is 6.68. The van der Waals surface area contributed by atoms with E-state index in [1.54, 1.807) is 12.1 Å². The van der Waals surface area contributed by atoms with E-state index in [9.17, 15) is 14.7 Å². The number of nitrogens with zero attached hydrogens (tertiary/aromatic N) is 2. The number of carboxylic acids is 1. The number of hydrogen-bond donors (Lipinski definition) is 3. The van der Waals surface area contributed by atoms with Crippen LogP contribution < -0.4 is 10.6 Å². The van der Waals surface area contributed by atoms with Crippen LogP contribution in [0.4, 0.5) is 0 Å². The molecule has 0 bridgehead atoms. The van der Waals surface area contributed by atoms with Crippen LogP contribution in [0.3, 0.4) is 0 Å². The number of benzene rings is 1. The average molecular weight is 342 g/mol. The summed E-state index contributed by atoms with van der Waals surface area (Å²) >= 11 is 0. The lowest BCUT2D eigenvalue weighted by atomic mass is 9.98. The third-order valence-electron chi connectivity index (χ3n) is 4.57. The molecule has 3 rings (SSSR count). The Morgan fingerprint density at radius 3 is 2.56 bits per heavy atom. The van der Waals surface area contributed by atoms with Gasteiger partial charge in [-0.2, -0.15) is 5.10 Å². The molecule has 1 aromatic carbocycles. The van der Waals surface area contributed by atoms with Crippen LogP contribution >= 0.6 is 0 Å². The lowest BCUT2D eigenvalue weighted by Crippen LogP contribution is -2.56. The second-order valence-electron chi connectivity index (χ2n) is 6.55. The van der Waals surface area contributed by atoms with Gasteiger partial charge in [-0.15, -0.1) is 0 Å². The number of carbonyl (C=O) groups is 2. The average Bonchev–Trinajstić information content (AvgIpc) is 3.16. The quantitative estimate of drug-likeness (QED) is 0.756. The Bertz CT molecular complexity index is 789. The minimum atomic E-state index is -1.22. The zero-order valence-corrected chi connectivity index (χ0v) is 14.4. The molecule has 3 N–H and O–H groups in total. The summed E-state index contributed by atoms with van der Waals surface area (Å²) in [6, 6.07) is 9.18. The van der Waals surface area contributed by atoms with Gasteiger partial charge in [-0.1, -0.05) is 12.1 Å². The molecule has 0 saturated carbocycles. The van der Waals surface area contributed by atoms with Gasteiger partial charge in [0.15, 0.2) is 5.54 Å². The molecule has 0 aliphatic carbocycles. The highest BCUT2D eigenvalue weighted by Crippen LogP contribution is 2.17. The maximum atomic E-state index is 12.4. The monoisotopic (exact) mass is 342 g/mol. The van der Waals surface area contributed by atoms with Gasteiger partial charge in [0, 0.05) is 17.8 Å². The summed E-state index contributed by atoms with van der Waals surface area (Å²) in [7, 11) is 0. The van der Waals surface area contributed by atoms with E-state index < -0.39 is 11.5 Å². The molecule has 2 aromatic rings. The molecule has 1 aliphatic heterocycles. The molecule has 1 fully saturated rings. The number of rotatable bonds is 5. The van der Waals surface area contributed by atoms with Crippen LogP contribution in [0.25, 0.3) is 0 Å². The van der Waals surface area contributed by atoms with E-state index in [2.05, 4.69) is 15.7 Å². The third kappa shape index (κ3) is 3.56. The van der Waals surface area contributed by atoms with E-state index in [-0.39, 0.29) is 12.5 Å². The molecule has 132 valence electrons. The van der Waals surface area contributed by atoms with Gasteiger partial charge >= 0.3 is 5.97 Å². The van der Waals surface area contributed by atoms with Crippen molar-refractivity contribution in [1.29, 1.82) is 0 Å². The Kier molecular flexibility index (Phi) is 4.59. The first kappa shape index (κ1) is 17.2. The summed E-state index contributed by atoms with van der Waals surface area (Å²) < 4.78 is 1.91. The smallest absolute Gasteiger partial charge is 0.330 e. The molecular formula is C18H22N4O3. The first-order valence-corrected chi connectivity index (χ1v) is 8.26. The van der Waals surface area contributed by atoms with E-state index in [4.69, 9.17) is 0 Å². The Hall–Kier alpha value is -2.67. The molecule has 0 radical (unpaired) electrons. The minimum absolute atomic E-state index is 0.240. The van der Waals surface area contributed by atoms with E-state index in [0.29, 0.717) is 25.1 Å². The van der Waals surface area contributed by atoms with E-state index in [1.165, 1.54) is 0 Å². The second-order valence-corrected chi connectivity index (χ2v) is 6.55. The van der Waals surface area contributed by atoms with Crippen LogP contribution in [0, 0.1) is 13.8 Å². The molecule has 1 aromatic heterocycles. The van der Waals surface area contributed by atoms with Gasteiger partial charge in [0.1, 0.15) is 0 Å². The Labute approximate surface area is 146 Å². The number of aryl methyl sites for hydroxylation is 2. The van der Waals surface area contributed by atoms with Crippen LogP contribution in [0.15, 0.2) is 30.3 Å². The predicted octanol–water partition coefficient (Wildman–Crippen LogP) is 1.09. The lowest BCUT2D eigenvalue weighted by Gasteiger charge is -2.24. The first-order chi connectivity index (χ1) is 11.9. The Balaban J connectivity index is 1.70. The van der Waals surface area contributed by atoms with Gasteiger partial charge < -0.3 is 15.7 Å². The highest BCUT2D eigenvalue weighted by atomic mass is 16.4. The van der Waals surface area contributed by atoms with Crippen molar-refractivity contribution in [3.63, 3.8) is 0 Å². The van der Waals surface area contributed by atoms with Crippen LogP contribution in [0.5, 0.6) is 0 Å². The van der Waals surface area contributed by atoms with E-state index in [1.807, 2.05) is 36.7 Å². The van der Waals surface area contributed by atoms with E-state index in [0.717, 1.165) is 17.0 Å². The first-order valence-electron chi connectivity index (χ1n) is 8.26. The molecule has 1 saturated heterocycles. The maximum absolute atomic E-state index is 12.4. The van der Waals surface area contributed by atoms with Gasteiger partial charge in [0.25, 0.3) is 5.91 Å². The van der Waals surface area contributed by atoms with Gasteiger partial charge in [-0.25, -0.2) is 4.79 Å². The summed E-state index contributed by atoms with van der Waals surface area (Å²) in [5, 5.41) is 19.5. The lowest BCUT2D eigenvalue weighted by molar-refractivity contribution is -0.143. The van der Waals surface area contributed by atoms with Crippen LogP contribution in [0.2, 0.25) is 0 Å². The topological polar surface area (TPSA) is 96.2 Å². The molecule has 2 heterocycles. The summed E-state index contributed by atoms with van der Waals surface area (Å²) in [5.74, 6) is -1.38. The van der Waals surface area contributed by atoms with Crippen molar-refractivity contribution in [3.8, 4) is 0 Å².